The molecule has 1 amide bonds. The van der Waals surface area contributed by atoms with Crippen LogP contribution in [0.25, 0.3) is 17.0 Å². The molecule has 6 nitrogen and oxygen atoms in total. The van der Waals surface area contributed by atoms with Gasteiger partial charge in [-0.25, -0.2) is 9.07 Å². The zero-order valence-corrected chi connectivity index (χ0v) is 14.9. The van der Waals surface area contributed by atoms with Gasteiger partial charge in [0.15, 0.2) is 5.76 Å². The van der Waals surface area contributed by atoms with Crippen molar-refractivity contribution in [2.45, 2.75) is 12.8 Å². The highest BCUT2D eigenvalue weighted by Crippen LogP contribution is 2.25. The summed E-state index contributed by atoms with van der Waals surface area (Å²) in [4.78, 5) is 12.4. The average Bonchev–Trinajstić information content (AvgIpc) is 3.37. The van der Waals surface area contributed by atoms with Crippen molar-refractivity contribution in [1.29, 1.82) is 0 Å². The van der Waals surface area contributed by atoms with Gasteiger partial charge in [-0.2, -0.15) is 5.10 Å². The third-order valence-electron chi connectivity index (χ3n) is 4.28. The molecule has 0 saturated heterocycles. The quantitative estimate of drug-likeness (QED) is 0.546. The number of carbonyl (C=O) groups is 1. The molecule has 4 aromatic rings. The molecule has 2 heterocycles. The minimum atomic E-state index is -0.320. The smallest absolute Gasteiger partial charge is 0.225 e. The van der Waals surface area contributed by atoms with E-state index in [0.717, 1.165) is 16.8 Å². The van der Waals surface area contributed by atoms with Crippen LogP contribution in [0.3, 0.4) is 0 Å². The molecule has 0 aliphatic carbocycles. The molecule has 0 atom stereocenters. The number of nitrogens with zero attached hydrogens (tertiary/aromatic N) is 3. The number of rotatable bonds is 6. The van der Waals surface area contributed by atoms with E-state index in [4.69, 9.17) is 4.52 Å². The number of halogens is 1. The fraction of sp³-hybridized carbons (Fsp3) is 0.0952. The number of carbonyl (C=O) groups excluding carboxylic acids is 1. The van der Waals surface area contributed by atoms with Crippen LogP contribution >= 0.6 is 0 Å². The predicted octanol–water partition coefficient (Wildman–Crippen LogP) is 4.24. The summed E-state index contributed by atoms with van der Waals surface area (Å²) in [5, 5.41) is 10.9. The number of nitrogens with one attached hydrogen (secondary N) is 1. The molecule has 0 bridgehead atoms. The first-order valence-corrected chi connectivity index (χ1v) is 8.79. The Hall–Kier alpha value is -3.74. The Bertz CT molecular complexity index is 1070. The SMILES string of the molecule is O=C(CCc1cnoc1-c1ccc(F)cc1)Nc1ccnn1-c1ccccc1. The number of benzene rings is 2. The van der Waals surface area contributed by atoms with Crippen molar-refractivity contribution in [2.24, 2.45) is 0 Å². The molecule has 0 radical (unpaired) electrons. The van der Waals surface area contributed by atoms with Crippen LogP contribution in [0.2, 0.25) is 0 Å². The van der Waals surface area contributed by atoms with E-state index in [-0.39, 0.29) is 18.1 Å². The number of aromatic nitrogens is 3. The van der Waals surface area contributed by atoms with Gasteiger partial charge in [0, 0.05) is 23.6 Å². The summed E-state index contributed by atoms with van der Waals surface area (Å²) in [5.74, 6) is 0.672. The minimum Gasteiger partial charge on any atom is -0.356 e. The largest absolute Gasteiger partial charge is 0.356 e. The third-order valence-corrected chi connectivity index (χ3v) is 4.28. The van der Waals surface area contributed by atoms with E-state index in [0.29, 0.717) is 18.0 Å². The van der Waals surface area contributed by atoms with Crippen LogP contribution in [0, 0.1) is 5.82 Å². The normalized spacial score (nSPS) is 10.8. The Kier molecular flexibility index (Phi) is 4.97. The Morgan fingerprint density at radius 1 is 1.07 bits per heavy atom. The lowest BCUT2D eigenvalue weighted by Gasteiger charge is -2.09. The van der Waals surface area contributed by atoms with Gasteiger partial charge in [0.25, 0.3) is 0 Å². The van der Waals surface area contributed by atoms with Crippen LogP contribution < -0.4 is 5.32 Å². The molecule has 2 aromatic heterocycles. The Morgan fingerprint density at radius 2 is 1.86 bits per heavy atom. The second-order valence-corrected chi connectivity index (χ2v) is 6.20. The molecule has 0 unspecified atom stereocenters. The van der Waals surface area contributed by atoms with Crippen LogP contribution in [0.5, 0.6) is 0 Å². The van der Waals surface area contributed by atoms with E-state index in [1.807, 2.05) is 30.3 Å². The highest BCUT2D eigenvalue weighted by molar-refractivity contribution is 5.90. The molecule has 1 N–H and O–H groups in total. The standard InChI is InChI=1S/C21H17FN4O2/c22-17-9-6-15(7-10-17)21-16(14-24-28-21)8-11-20(27)25-19-12-13-23-26(19)18-4-2-1-3-5-18/h1-7,9-10,12-14H,8,11H2,(H,25,27). The molecule has 0 fully saturated rings. The van der Waals surface area contributed by atoms with E-state index < -0.39 is 0 Å². The predicted molar refractivity (Wildman–Crippen MR) is 102 cm³/mol. The number of hydrogen-bond acceptors (Lipinski definition) is 4. The summed E-state index contributed by atoms with van der Waals surface area (Å²) in [6.07, 6.45) is 3.91. The van der Waals surface area contributed by atoms with Gasteiger partial charge in [0.1, 0.15) is 11.6 Å². The zero-order valence-electron chi connectivity index (χ0n) is 14.9. The molecule has 0 aliphatic rings. The lowest BCUT2D eigenvalue weighted by Crippen LogP contribution is -2.15. The zero-order chi connectivity index (χ0) is 19.3. The first-order chi connectivity index (χ1) is 13.7. The van der Waals surface area contributed by atoms with Crippen molar-refractivity contribution in [2.75, 3.05) is 5.32 Å². The van der Waals surface area contributed by atoms with E-state index in [1.54, 1.807) is 35.3 Å². The summed E-state index contributed by atoms with van der Waals surface area (Å²) >= 11 is 0. The Balaban J connectivity index is 1.42. The van der Waals surface area contributed by atoms with Crippen LogP contribution in [0.15, 0.2) is 77.6 Å². The summed E-state index contributed by atoms with van der Waals surface area (Å²) < 4.78 is 20.1. The van der Waals surface area contributed by atoms with Gasteiger partial charge in [-0.05, 0) is 42.8 Å². The second kappa shape index (κ2) is 7.87. The van der Waals surface area contributed by atoms with Crippen molar-refractivity contribution in [3.8, 4) is 17.0 Å². The van der Waals surface area contributed by atoms with Crippen molar-refractivity contribution < 1.29 is 13.7 Å². The number of amides is 1. The van der Waals surface area contributed by atoms with E-state index >= 15 is 0 Å². The molecule has 28 heavy (non-hydrogen) atoms. The van der Waals surface area contributed by atoms with Gasteiger partial charge in [-0.1, -0.05) is 23.4 Å². The molecule has 2 aromatic carbocycles. The fourth-order valence-corrected chi connectivity index (χ4v) is 2.90. The van der Waals surface area contributed by atoms with Gasteiger partial charge in [-0.15, -0.1) is 0 Å². The monoisotopic (exact) mass is 376 g/mol. The van der Waals surface area contributed by atoms with Crippen molar-refractivity contribution >= 4 is 11.7 Å². The highest BCUT2D eigenvalue weighted by atomic mass is 19.1. The van der Waals surface area contributed by atoms with E-state index in [2.05, 4.69) is 15.6 Å². The van der Waals surface area contributed by atoms with Crippen molar-refractivity contribution in [3.63, 3.8) is 0 Å². The van der Waals surface area contributed by atoms with E-state index in [1.165, 1.54) is 12.1 Å². The summed E-state index contributed by atoms with van der Waals surface area (Å²) in [5.41, 5.74) is 2.37. The van der Waals surface area contributed by atoms with E-state index in [9.17, 15) is 9.18 Å². The first-order valence-electron chi connectivity index (χ1n) is 8.79. The first kappa shape index (κ1) is 17.7. The highest BCUT2D eigenvalue weighted by Gasteiger charge is 2.14. The van der Waals surface area contributed by atoms with Crippen molar-refractivity contribution in [1.82, 2.24) is 14.9 Å². The maximum absolute atomic E-state index is 13.1. The molecule has 0 spiro atoms. The Morgan fingerprint density at radius 3 is 2.64 bits per heavy atom. The molecule has 0 saturated carbocycles. The molecule has 140 valence electrons. The molecule has 4 rings (SSSR count). The third kappa shape index (κ3) is 3.83. The summed E-state index contributed by atoms with van der Waals surface area (Å²) in [6, 6.07) is 17.3. The van der Waals surface area contributed by atoms with Crippen LogP contribution in [0.4, 0.5) is 10.2 Å². The number of hydrogen-bond donors (Lipinski definition) is 1. The van der Waals surface area contributed by atoms with Gasteiger partial charge >= 0.3 is 0 Å². The van der Waals surface area contributed by atoms with Gasteiger partial charge in [0.05, 0.1) is 18.1 Å². The molecule has 0 aliphatic heterocycles. The lowest BCUT2D eigenvalue weighted by molar-refractivity contribution is -0.116. The lowest BCUT2D eigenvalue weighted by atomic mass is 10.1. The fourth-order valence-electron chi connectivity index (χ4n) is 2.90. The van der Waals surface area contributed by atoms with Gasteiger partial charge < -0.3 is 9.84 Å². The molecular weight excluding hydrogens is 359 g/mol. The van der Waals surface area contributed by atoms with Crippen LogP contribution in [-0.2, 0) is 11.2 Å². The molecule has 7 heteroatoms. The average molecular weight is 376 g/mol. The maximum Gasteiger partial charge on any atom is 0.225 e. The van der Waals surface area contributed by atoms with Crippen molar-refractivity contribution in [3.05, 3.63) is 84.4 Å². The number of anilines is 1. The summed E-state index contributed by atoms with van der Waals surface area (Å²) in [7, 11) is 0. The van der Waals surface area contributed by atoms with Gasteiger partial charge in [0.2, 0.25) is 5.91 Å². The number of para-hydroxylation sites is 1. The van der Waals surface area contributed by atoms with Gasteiger partial charge in [-0.3, -0.25) is 4.79 Å². The molecular formula is C21H17FN4O2. The topological polar surface area (TPSA) is 73.0 Å². The van der Waals surface area contributed by atoms with Crippen LogP contribution in [-0.4, -0.2) is 20.8 Å². The maximum atomic E-state index is 13.1. The number of aryl methyl sites for hydroxylation is 1. The second-order valence-electron chi connectivity index (χ2n) is 6.20. The Labute approximate surface area is 160 Å². The minimum absolute atomic E-state index is 0.149. The summed E-state index contributed by atoms with van der Waals surface area (Å²) in [6.45, 7) is 0. The van der Waals surface area contributed by atoms with Crippen LogP contribution in [0.1, 0.15) is 12.0 Å².